The molecule has 0 aliphatic carbocycles. The lowest BCUT2D eigenvalue weighted by molar-refractivity contribution is 0.0306. The van der Waals surface area contributed by atoms with Crippen LogP contribution in [-0.2, 0) is 4.74 Å². The Morgan fingerprint density at radius 1 is 1.10 bits per heavy atom. The van der Waals surface area contributed by atoms with Gasteiger partial charge in [-0.15, -0.1) is 11.3 Å². The Bertz CT molecular complexity index is 597. The Labute approximate surface area is 122 Å². The Balaban J connectivity index is 1.79. The highest BCUT2D eigenvalue weighted by atomic mass is 32.1. The predicted octanol–water partition coefficient (Wildman–Crippen LogP) is 3.20. The summed E-state index contributed by atoms with van der Waals surface area (Å²) >= 11 is 1.56. The zero-order chi connectivity index (χ0) is 13.9. The van der Waals surface area contributed by atoms with Gasteiger partial charge in [-0.3, -0.25) is 4.79 Å². The van der Waals surface area contributed by atoms with Crippen LogP contribution >= 0.6 is 11.3 Å². The van der Waals surface area contributed by atoms with Gasteiger partial charge in [-0.2, -0.15) is 0 Å². The highest BCUT2D eigenvalue weighted by Crippen LogP contribution is 2.29. The normalized spacial score (nSPS) is 15.3. The van der Waals surface area contributed by atoms with E-state index in [0.29, 0.717) is 26.3 Å². The van der Waals surface area contributed by atoms with Crippen LogP contribution < -0.4 is 0 Å². The molecule has 1 aliphatic heterocycles. The van der Waals surface area contributed by atoms with Gasteiger partial charge in [-0.25, -0.2) is 0 Å². The lowest BCUT2D eigenvalue weighted by Gasteiger charge is -2.26. The molecule has 0 N–H and O–H groups in total. The monoisotopic (exact) mass is 287 g/mol. The van der Waals surface area contributed by atoms with Crippen LogP contribution in [0.2, 0.25) is 0 Å². The first-order valence-electron chi connectivity index (χ1n) is 6.78. The minimum atomic E-state index is 0.122. The first-order chi connectivity index (χ1) is 9.74. The number of hydrogen-bond acceptors (Lipinski definition) is 3. The van der Waals surface area contributed by atoms with Crippen molar-refractivity contribution in [2.24, 2.45) is 0 Å². The maximum Gasteiger partial charge on any atom is 0.264 e. The second kappa shape index (κ2) is 5.77. The molecule has 4 heteroatoms. The topological polar surface area (TPSA) is 29.5 Å². The molecule has 3 nitrogen and oxygen atoms in total. The standard InChI is InChI=1S/C16H17NO2S/c1-12-2-4-13(5-3-12)14-6-7-15(20-14)16(18)17-8-10-19-11-9-17/h2-7H,8-11H2,1H3. The number of amides is 1. The number of benzene rings is 1. The summed E-state index contributed by atoms with van der Waals surface area (Å²) in [5.41, 5.74) is 2.41. The summed E-state index contributed by atoms with van der Waals surface area (Å²) in [6, 6.07) is 12.4. The molecule has 0 bridgehead atoms. The first kappa shape index (κ1) is 13.3. The zero-order valence-corrected chi connectivity index (χ0v) is 12.3. The highest BCUT2D eigenvalue weighted by molar-refractivity contribution is 7.17. The molecule has 0 radical (unpaired) electrons. The van der Waals surface area contributed by atoms with Crippen LogP contribution in [0.1, 0.15) is 15.2 Å². The summed E-state index contributed by atoms with van der Waals surface area (Å²) in [6.07, 6.45) is 0. The molecule has 1 aliphatic rings. The summed E-state index contributed by atoms with van der Waals surface area (Å²) in [5.74, 6) is 0.122. The van der Waals surface area contributed by atoms with Gasteiger partial charge in [0, 0.05) is 18.0 Å². The van der Waals surface area contributed by atoms with Crippen molar-refractivity contribution in [1.82, 2.24) is 4.90 Å². The van der Waals surface area contributed by atoms with E-state index in [9.17, 15) is 4.79 Å². The van der Waals surface area contributed by atoms with Gasteiger partial charge in [-0.1, -0.05) is 29.8 Å². The molecule has 0 saturated carbocycles. The number of rotatable bonds is 2. The number of morpholine rings is 1. The molecule has 0 unspecified atom stereocenters. The van der Waals surface area contributed by atoms with E-state index >= 15 is 0 Å². The third-order valence-corrected chi connectivity index (χ3v) is 4.57. The van der Waals surface area contributed by atoms with Crippen molar-refractivity contribution in [1.29, 1.82) is 0 Å². The Hall–Kier alpha value is -1.65. The number of nitrogens with zero attached hydrogens (tertiary/aromatic N) is 1. The molecule has 1 aromatic heterocycles. The predicted molar refractivity (Wildman–Crippen MR) is 81.2 cm³/mol. The number of carbonyl (C=O) groups is 1. The van der Waals surface area contributed by atoms with Gasteiger partial charge in [0.15, 0.2) is 0 Å². The number of carbonyl (C=O) groups excluding carboxylic acids is 1. The summed E-state index contributed by atoms with van der Waals surface area (Å²) < 4.78 is 5.28. The van der Waals surface area contributed by atoms with Gasteiger partial charge in [-0.05, 0) is 24.6 Å². The van der Waals surface area contributed by atoms with Gasteiger partial charge in [0.2, 0.25) is 0 Å². The second-order valence-electron chi connectivity index (χ2n) is 4.93. The van der Waals surface area contributed by atoms with Crippen molar-refractivity contribution in [3.63, 3.8) is 0 Å². The third kappa shape index (κ3) is 2.76. The summed E-state index contributed by atoms with van der Waals surface area (Å²) in [5, 5.41) is 0. The molecule has 104 valence electrons. The Morgan fingerprint density at radius 2 is 1.80 bits per heavy atom. The summed E-state index contributed by atoms with van der Waals surface area (Å²) in [4.78, 5) is 16.2. The first-order valence-corrected chi connectivity index (χ1v) is 7.59. The molecule has 1 saturated heterocycles. The second-order valence-corrected chi connectivity index (χ2v) is 6.02. The summed E-state index contributed by atoms with van der Waals surface area (Å²) in [6.45, 7) is 4.74. The molecular formula is C16H17NO2S. The minimum Gasteiger partial charge on any atom is -0.378 e. The largest absolute Gasteiger partial charge is 0.378 e. The van der Waals surface area contributed by atoms with E-state index in [2.05, 4.69) is 31.2 Å². The van der Waals surface area contributed by atoms with Crippen LogP contribution in [-0.4, -0.2) is 37.1 Å². The third-order valence-electron chi connectivity index (χ3n) is 3.45. The van der Waals surface area contributed by atoms with E-state index in [1.54, 1.807) is 11.3 Å². The van der Waals surface area contributed by atoms with Crippen molar-refractivity contribution in [3.05, 3.63) is 46.8 Å². The molecule has 0 spiro atoms. The number of ether oxygens (including phenoxy) is 1. The van der Waals surface area contributed by atoms with Gasteiger partial charge in [0.05, 0.1) is 18.1 Å². The van der Waals surface area contributed by atoms with E-state index in [1.807, 2.05) is 17.0 Å². The fourth-order valence-electron chi connectivity index (χ4n) is 2.25. The molecule has 2 heterocycles. The smallest absolute Gasteiger partial charge is 0.264 e. The molecule has 20 heavy (non-hydrogen) atoms. The zero-order valence-electron chi connectivity index (χ0n) is 11.5. The molecule has 1 aromatic carbocycles. The lowest BCUT2D eigenvalue weighted by Crippen LogP contribution is -2.40. The van der Waals surface area contributed by atoms with E-state index < -0.39 is 0 Å². The van der Waals surface area contributed by atoms with E-state index in [1.165, 1.54) is 11.1 Å². The van der Waals surface area contributed by atoms with Crippen LogP contribution in [0, 0.1) is 6.92 Å². The molecule has 0 atom stereocenters. The van der Waals surface area contributed by atoms with Crippen molar-refractivity contribution >= 4 is 17.2 Å². The number of aryl methyl sites for hydroxylation is 1. The number of hydrogen-bond donors (Lipinski definition) is 0. The van der Waals surface area contributed by atoms with Crippen LogP contribution in [0.4, 0.5) is 0 Å². The number of thiophene rings is 1. The maximum atomic E-state index is 12.4. The maximum absolute atomic E-state index is 12.4. The highest BCUT2D eigenvalue weighted by Gasteiger charge is 2.20. The molecule has 1 amide bonds. The van der Waals surface area contributed by atoms with Gasteiger partial charge in [0.1, 0.15) is 0 Å². The van der Waals surface area contributed by atoms with Gasteiger partial charge in [0.25, 0.3) is 5.91 Å². The minimum absolute atomic E-state index is 0.122. The van der Waals surface area contributed by atoms with Crippen molar-refractivity contribution in [2.45, 2.75) is 6.92 Å². The molecule has 1 fully saturated rings. The van der Waals surface area contributed by atoms with Gasteiger partial charge >= 0.3 is 0 Å². The van der Waals surface area contributed by atoms with Gasteiger partial charge < -0.3 is 9.64 Å². The molecular weight excluding hydrogens is 270 g/mol. The fourth-order valence-corrected chi connectivity index (χ4v) is 3.23. The average Bonchev–Trinajstić information content (AvgIpc) is 2.98. The average molecular weight is 287 g/mol. The van der Waals surface area contributed by atoms with E-state index in [4.69, 9.17) is 4.74 Å². The van der Waals surface area contributed by atoms with Crippen molar-refractivity contribution < 1.29 is 9.53 Å². The fraction of sp³-hybridized carbons (Fsp3) is 0.312. The van der Waals surface area contributed by atoms with Crippen LogP contribution in [0.25, 0.3) is 10.4 Å². The van der Waals surface area contributed by atoms with Crippen LogP contribution in [0.3, 0.4) is 0 Å². The Morgan fingerprint density at radius 3 is 2.50 bits per heavy atom. The van der Waals surface area contributed by atoms with E-state index in [0.717, 1.165) is 9.75 Å². The van der Waals surface area contributed by atoms with Crippen molar-refractivity contribution in [3.8, 4) is 10.4 Å². The summed E-state index contributed by atoms with van der Waals surface area (Å²) in [7, 11) is 0. The van der Waals surface area contributed by atoms with Crippen LogP contribution in [0.5, 0.6) is 0 Å². The Kier molecular flexibility index (Phi) is 3.85. The molecule has 2 aromatic rings. The lowest BCUT2D eigenvalue weighted by atomic mass is 10.1. The van der Waals surface area contributed by atoms with Crippen molar-refractivity contribution in [2.75, 3.05) is 26.3 Å². The molecule has 3 rings (SSSR count). The quantitative estimate of drug-likeness (QED) is 0.849. The SMILES string of the molecule is Cc1ccc(-c2ccc(C(=O)N3CCOCC3)s2)cc1. The van der Waals surface area contributed by atoms with Crippen LogP contribution in [0.15, 0.2) is 36.4 Å². The van der Waals surface area contributed by atoms with E-state index in [-0.39, 0.29) is 5.91 Å².